The van der Waals surface area contributed by atoms with Crippen molar-refractivity contribution in [3.63, 3.8) is 0 Å². The molecule has 0 radical (unpaired) electrons. The number of aliphatic hydroxyl groups excluding tert-OH is 1. The minimum absolute atomic E-state index is 0.0336. The van der Waals surface area contributed by atoms with E-state index in [0.29, 0.717) is 37.8 Å². The Labute approximate surface area is 219 Å². The van der Waals surface area contributed by atoms with E-state index in [2.05, 4.69) is 22.5 Å². The molecule has 36 heavy (non-hydrogen) atoms. The van der Waals surface area contributed by atoms with Crippen molar-refractivity contribution in [2.75, 3.05) is 13.1 Å². The van der Waals surface area contributed by atoms with Gasteiger partial charge in [-0.2, -0.15) is 0 Å². The highest BCUT2D eigenvalue weighted by Gasteiger charge is 2.43. The first kappa shape index (κ1) is 27.9. The Kier molecular flexibility index (Phi) is 10.5. The van der Waals surface area contributed by atoms with Crippen LogP contribution >= 0.6 is 0 Å². The molecule has 0 unspecified atom stereocenters. The summed E-state index contributed by atoms with van der Waals surface area (Å²) in [5, 5.41) is 17.6. The second-order valence-corrected chi connectivity index (χ2v) is 12.8. The molecule has 1 heterocycles. The number of nitrogens with one attached hydrogen (secondary N) is 2. The first-order valence-corrected chi connectivity index (χ1v) is 15.5. The predicted molar refractivity (Wildman–Crippen MR) is 145 cm³/mol. The van der Waals surface area contributed by atoms with Crippen LogP contribution in [0.1, 0.15) is 129 Å². The van der Waals surface area contributed by atoms with E-state index in [1.807, 2.05) is 0 Å². The molecule has 206 valence electrons. The monoisotopic (exact) mass is 503 g/mol. The summed E-state index contributed by atoms with van der Waals surface area (Å²) in [7, 11) is 0. The van der Waals surface area contributed by atoms with Crippen molar-refractivity contribution in [2.45, 2.75) is 153 Å². The third kappa shape index (κ3) is 7.69. The van der Waals surface area contributed by atoms with E-state index in [1.165, 1.54) is 64.2 Å². The number of carbonyl (C=O) groups excluding carboxylic acids is 2. The standard InChI is InChI=1S/C30H53N3O3/c1-23-15-17-26(27(34)22-33(23)21-25-13-7-3-8-14-25)31-29(36)30(19-9-4-10-20-30)32-28(35)18-16-24-11-5-2-6-12-24/h23-27,34H,2-22H2,1H3,(H,31,36)(H,32,35)/t23-,26+,27+/m1/s1. The highest BCUT2D eigenvalue weighted by molar-refractivity contribution is 5.91. The number of hydrogen-bond donors (Lipinski definition) is 3. The van der Waals surface area contributed by atoms with Gasteiger partial charge in [-0.15, -0.1) is 0 Å². The van der Waals surface area contributed by atoms with Gasteiger partial charge in [-0.25, -0.2) is 0 Å². The number of β-amino-alcohol motifs (C(OH)–C–C–N with tert-alkyl or cyclic N) is 1. The molecule has 6 heteroatoms. The van der Waals surface area contributed by atoms with Crippen molar-refractivity contribution in [3.8, 4) is 0 Å². The Bertz CT molecular complexity index is 696. The summed E-state index contributed by atoms with van der Waals surface area (Å²) in [5.41, 5.74) is -0.804. The third-order valence-electron chi connectivity index (χ3n) is 9.96. The molecule has 3 aliphatic carbocycles. The first-order valence-electron chi connectivity index (χ1n) is 15.5. The molecule has 0 bridgehead atoms. The van der Waals surface area contributed by atoms with Crippen LogP contribution in [0.15, 0.2) is 0 Å². The van der Waals surface area contributed by atoms with E-state index in [1.54, 1.807) is 0 Å². The SMILES string of the molecule is C[C@@H]1CC[C@H](NC(=O)C2(NC(=O)CCC3CCCCC3)CCCCC2)[C@@H](O)CN1CC1CCCCC1. The van der Waals surface area contributed by atoms with Gasteiger partial charge in [-0.1, -0.05) is 70.6 Å². The van der Waals surface area contributed by atoms with Gasteiger partial charge in [-0.05, 0) is 63.7 Å². The maximum absolute atomic E-state index is 13.7. The highest BCUT2D eigenvalue weighted by atomic mass is 16.3. The van der Waals surface area contributed by atoms with Crippen molar-refractivity contribution in [2.24, 2.45) is 11.8 Å². The Morgan fingerprint density at radius 1 is 0.833 bits per heavy atom. The summed E-state index contributed by atoms with van der Waals surface area (Å²) in [6.07, 6.45) is 20.2. The van der Waals surface area contributed by atoms with Crippen LogP contribution in [-0.2, 0) is 9.59 Å². The van der Waals surface area contributed by atoms with Gasteiger partial charge in [0.1, 0.15) is 5.54 Å². The van der Waals surface area contributed by atoms with Gasteiger partial charge in [0, 0.05) is 25.6 Å². The lowest BCUT2D eigenvalue weighted by Gasteiger charge is -2.38. The van der Waals surface area contributed by atoms with Crippen molar-refractivity contribution in [3.05, 3.63) is 0 Å². The van der Waals surface area contributed by atoms with E-state index in [-0.39, 0.29) is 17.9 Å². The van der Waals surface area contributed by atoms with Crippen LogP contribution in [0.5, 0.6) is 0 Å². The molecule has 0 spiro atoms. The maximum atomic E-state index is 13.7. The number of nitrogens with zero attached hydrogens (tertiary/aromatic N) is 1. The minimum Gasteiger partial charge on any atom is -0.390 e. The van der Waals surface area contributed by atoms with Crippen LogP contribution in [0.25, 0.3) is 0 Å². The van der Waals surface area contributed by atoms with E-state index >= 15 is 0 Å². The molecule has 0 aromatic carbocycles. The summed E-state index contributed by atoms with van der Waals surface area (Å²) in [6.45, 7) is 3.97. The summed E-state index contributed by atoms with van der Waals surface area (Å²) in [6, 6.07) is 0.181. The van der Waals surface area contributed by atoms with Gasteiger partial charge in [0.25, 0.3) is 0 Å². The fourth-order valence-corrected chi connectivity index (χ4v) is 7.48. The molecule has 3 atom stereocenters. The topological polar surface area (TPSA) is 81.7 Å². The molecule has 3 saturated carbocycles. The number of rotatable bonds is 8. The number of carbonyl (C=O) groups is 2. The van der Waals surface area contributed by atoms with Gasteiger partial charge in [-0.3, -0.25) is 14.5 Å². The molecule has 2 amide bonds. The zero-order chi connectivity index (χ0) is 25.4. The predicted octanol–water partition coefficient (Wildman–Crippen LogP) is 5.08. The van der Waals surface area contributed by atoms with Gasteiger partial charge in [0.15, 0.2) is 0 Å². The van der Waals surface area contributed by atoms with Crippen molar-refractivity contribution < 1.29 is 14.7 Å². The summed E-state index contributed by atoms with van der Waals surface area (Å²) < 4.78 is 0. The lowest BCUT2D eigenvalue weighted by atomic mass is 9.80. The van der Waals surface area contributed by atoms with Crippen LogP contribution < -0.4 is 10.6 Å². The van der Waals surface area contributed by atoms with Crippen LogP contribution in [0.3, 0.4) is 0 Å². The molecule has 4 aliphatic rings. The van der Waals surface area contributed by atoms with Crippen molar-refractivity contribution >= 4 is 11.8 Å². The Morgan fingerprint density at radius 3 is 2.11 bits per heavy atom. The Hall–Kier alpha value is -1.14. The minimum atomic E-state index is -0.804. The maximum Gasteiger partial charge on any atom is 0.246 e. The summed E-state index contributed by atoms with van der Waals surface area (Å²) in [5.74, 6) is 1.38. The Morgan fingerprint density at radius 2 is 1.44 bits per heavy atom. The summed E-state index contributed by atoms with van der Waals surface area (Å²) >= 11 is 0. The van der Waals surface area contributed by atoms with Gasteiger partial charge >= 0.3 is 0 Å². The third-order valence-corrected chi connectivity index (χ3v) is 9.96. The van der Waals surface area contributed by atoms with Crippen LogP contribution in [-0.4, -0.2) is 58.6 Å². The molecule has 1 saturated heterocycles. The van der Waals surface area contributed by atoms with Crippen molar-refractivity contribution in [1.29, 1.82) is 0 Å². The van der Waals surface area contributed by atoms with E-state index in [4.69, 9.17) is 0 Å². The largest absolute Gasteiger partial charge is 0.390 e. The summed E-state index contributed by atoms with van der Waals surface area (Å²) in [4.78, 5) is 29.2. The lowest BCUT2D eigenvalue weighted by molar-refractivity contribution is -0.136. The molecule has 1 aliphatic heterocycles. The van der Waals surface area contributed by atoms with Crippen molar-refractivity contribution in [1.82, 2.24) is 15.5 Å². The fourth-order valence-electron chi connectivity index (χ4n) is 7.48. The molecular formula is C30H53N3O3. The smallest absolute Gasteiger partial charge is 0.246 e. The van der Waals surface area contributed by atoms with E-state index < -0.39 is 11.6 Å². The first-order chi connectivity index (χ1) is 17.4. The molecule has 6 nitrogen and oxygen atoms in total. The lowest BCUT2D eigenvalue weighted by Crippen LogP contribution is -2.62. The van der Waals surface area contributed by atoms with E-state index in [0.717, 1.165) is 51.0 Å². The van der Waals surface area contributed by atoms with Crippen LogP contribution in [0.4, 0.5) is 0 Å². The Balaban J connectivity index is 1.32. The number of aliphatic hydroxyl groups is 1. The highest BCUT2D eigenvalue weighted by Crippen LogP contribution is 2.32. The zero-order valence-corrected chi connectivity index (χ0v) is 22.9. The number of likely N-dealkylation sites (tertiary alicyclic amines) is 1. The van der Waals surface area contributed by atoms with Crippen LogP contribution in [0.2, 0.25) is 0 Å². The average Bonchev–Trinajstić information content (AvgIpc) is 3.02. The number of hydrogen-bond acceptors (Lipinski definition) is 4. The number of amides is 2. The average molecular weight is 504 g/mol. The van der Waals surface area contributed by atoms with Crippen LogP contribution in [0, 0.1) is 11.8 Å². The fraction of sp³-hybridized carbons (Fsp3) is 0.933. The normalized spacial score (nSPS) is 30.9. The molecular weight excluding hydrogens is 450 g/mol. The van der Waals surface area contributed by atoms with E-state index in [9.17, 15) is 14.7 Å². The molecule has 4 fully saturated rings. The zero-order valence-electron chi connectivity index (χ0n) is 22.9. The molecule has 0 aromatic heterocycles. The second-order valence-electron chi connectivity index (χ2n) is 12.8. The quantitative estimate of drug-likeness (QED) is 0.432. The van der Waals surface area contributed by atoms with Gasteiger partial charge < -0.3 is 15.7 Å². The molecule has 0 aromatic rings. The second kappa shape index (κ2) is 13.6. The van der Waals surface area contributed by atoms with Gasteiger partial charge in [0.2, 0.25) is 11.8 Å². The molecule has 3 N–H and O–H groups in total. The molecule has 4 rings (SSSR count). The van der Waals surface area contributed by atoms with Gasteiger partial charge in [0.05, 0.1) is 12.1 Å².